The van der Waals surface area contributed by atoms with E-state index >= 15 is 0 Å². The van der Waals surface area contributed by atoms with Crippen molar-refractivity contribution in [2.45, 2.75) is 19.3 Å². The number of aromatic nitrogens is 1. The Morgan fingerprint density at radius 1 is 1.12 bits per heavy atom. The predicted molar refractivity (Wildman–Crippen MR) is 89.9 cm³/mol. The zero-order valence-corrected chi connectivity index (χ0v) is 12.9. The van der Waals surface area contributed by atoms with Crippen molar-refractivity contribution >= 4 is 28.2 Å². The molecule has 0 amide bonds. The summed E-state index contributed by atoms with van der Waals surface area (Å²) in [6.45, 7) is 0. The van der Waals surface area contributed by atoms with Crippen LogP contribution < -0.4 is 10.4 Å². The number of rotatable bonds is 3. The van der Waals surface area contributed by atoms with Crippen LogP contribution in [-0.4, -0.2) is 16.1 Å². The fourth-order valence-electron chi connectivity index (χ4n) is 3.22. The van der Waals surface area contributed by atoms with Crippen molar-refractivity contribution in [2.24, 2.45) is 0 Å². The second kappa shape index (κ2) is 5.53. The minimum Gasteiger partial charge on any atom is -0.872 e. The van der Waals surface area contributed by atoms with Gasteiger partial charge in [0.2, 0.25) is 0 Å². The van der Waals surface area contributed by atoms with Crippen LogP contribution in [0.5, 0.6) is 5.75 Å². The minimum atomic E-state index is -0.959. The molecule has 0 unspecified atom stereocenters. The fraction of sp³-hybridized carbons (Fsp3) is 0.158. The summed E-state index contributed by atoms with van der Waals surface area (Å²) >= 11 is 0. The van der Waals surface area contributed by atoms with Crippen molar-refractivity contribution in [3.63, 3.8) is 0 Å². The largest absolute Gasteiger partial charge is 0.872 e. The van der Waals surface area contributed by atoms with Crippen LogP contribution in [0.15, 0.2) is 42.5 Å². The topological polar surface area (TPSA) is 85.3 Å². The molecule has 5 heteroatoms. The average Bonchev–Trinajstić information content (AvgIpc) is 3.04. The molecule has 0 spiro atoms. The number of hydrogen-bond acceptors (Lipinski definition) is 4. The molecule has 24 heavy (non-hydrogen) atoms. The quantitative estimate of drug-likeness (QED) is 0.774. The SMILES string of the molecule is O=C(O)c1ccc2nc3c(c(Nc4ccc([O-])cc4)c2c1)CCC3. The number of anilines is 2. The number of hydrogen-bond donors (Lipinski definition) is 2. The molecule has 1 aromatic heterocycles. The molecule has 4 rings (SSSR count). The van der Waals surface area contributed by atoms with Gasteiger partial charge in [0.05, 0.1) is 16.8 Å². The third-order valence-corrected chi connectivity index (χ3v) is 4.38. The highest BCUT2D eigenvalue weighted by Gasteiger charge is 2.20. The first kappa shape index (κ1) is 14.5. The van der Waals surface area contributed by atoms with E-state index in [-0.39, 0.29) is 11.3 Å². The lowest BCUT2D eigenvalue weighted by atomic mass is 10.0. The van der Waals surface area contributed by atoms with Crippen LogP contribution in [-0.2, 0) is 12.8 Å². The van der Waals surface area contributed by atoms with Crippen molar-refractivity contribution in [3.8, 4) is 5.75 Å². The van der Waals surface area contributed by atoms with Gasteiger partial charge in [-0.1, -0.05) is 12.1 Å². The Morgan fingerprint density at radius 3 is 2.67 bits per heavy atom. The Balaban J connectivity index is 1.91. The van der Waals surface area contributed by atoms with Crippen LogP contribution in [0.2, 0.25) is 0 Å². The summed E-state index contributed by atoms with van der Waals surface area (Å²) in [6, 6.07) is 11.5. The summed E-state index contributed by atoms with van der Waals surface area (Å²) in [7, 11) is 0. The first-order chi connectivity index (χ1) is 11.6. The number of carbonyl (C=O) groups is 1. The van der Waals surface area contributed by atoms with Gasteiger partial charge in [0, 0.05) is 16.8 Å². The molecule has 0 fully saturated rings. The smallest absolute Gasteiger partial charge is 0.335 e. The molecular formula is C19H15N2O3-. The standard InChI is InChI=1S/C19H16N2O3/c22-13-7-5-12(6-8-13)20-18-14-2-1-3-16(14)21-17-9-4-11(19(23)24)10-15(17)18/h4-10,22H,1-3H2,(H,20,21)(H,23,24)/p-1. The number of pyridine rings is 1. The lowest BCUT2D eigenvalue weighted by Crippen LogP contribution is -2.02. The molecule has 0 aliphatic heterocycles. The highest BCUT2D eigenvalue weighted by molar-refractivity contribution is 6.00. The lowest BCUT2D eigenvalue weighted by Gasteiger charge is -2.16. The van der Waals surface area contributed by atoms with E-state index in [2.05, 4.69) is 10.3 Å². The summed E-state index contributed by atoms with van der Waals surface area (Å²) < 4.78 is 0. The molecule has 5 nitrogen and oxygen atoms in total. The molecule has 0 atom stereocenters. The van der Waals surface area contributed by atoms with E-state index < -0.39 is 5.97 Å². The van der Waals surface area contributed by atoms with Gasteiger partial charge in [0.25, 0.3) is 0 Å². The summed E-state index contributed by atoms with van der Waals surface area (Å²) in [5, 5.41) is 24.7. The van der Waals surface area contributed by atoms with Crippen LogP contribution in [0.3, 0.4) is 0 Å². The van der Waals surface area contributed by atoms with Gasteiger partial charge >= 0.3 is 5.97 Å². The van der Waals surface area contributed by atoms with Crippen molar-refractivity contribution in [3.05, 3.63) is 59.3 Å². The zero-order valence-electron chi connectivity index (χ0n) is 12.9. The van der Waals surface area contributed by atoms with Crippen molar-refractivity contribution in [1.29, 1.82) is 0 Å². The van der Waals surface area contributed by atoms with E-state index in [1.807, 2.05) is 0 Å². The number of fused-ring (bicyclic) bond motifs is 2. The molecule has 0 saturated carbocycles. The number of aromatic carboxylic acids is 1. The van der Waals surface area contributed by atoms with Gasteiger partial charge in [-0.25, -0.2) is 4.79 Å². The van der Waals surface area contributed by atoms with Gasteiger partial charge < -0.3 is 15.5 Å². The number of nitrogens with zero attached hydrogens (tertiary/aromatic N) is 1. The Kier molecular flexibility index (Phi) is 3.34. The maximum absolute atomic E-state index is 11.3. The van der Waals surface area contributed by atoms with E-state index in [1.165, 1.54) is 12.1 Å². The molecule has 120 valence electrons. The first-order valence-electron chi connectivity index (χ1n) is 7.85. The maximum atomic E-state index is 11.3. The van der Waals surface area contributed by atoms with E-state index in [9.17, 15) is 15.0 Å². The Labute approximate surface area is 138 Å². The van der Waals surface area contributed by atoms with Crippen molar-refractivity contribution < 1.29 is 15.0 Å². The molecule has 1 heterocycles. The Hall–Kier alpha value is -3.08. The second-order valence-corrected chi connectivity index (χ2v) is 5.95. The van der Waals surface area contributed by atoms with E-state index in [4.69, 9.17) is 0 Å². The number of carboxylic acid groups (broad SMARTS) is 1. The maximum Gasteiger partial charge on any atom is 0.335 e. The molecule has 2 N–H and O–H groups in total. The van der Waals surface area contributed by atoms with E-state index in [1.54, 1.807) is 30.3 Å². The molecule has 2 aromatic carbocycles. The van der Waals surface area contributed by atoms with Crippen LogP contribution in [0.4, 0.5) is 11.4 Å². The number of aryl methyl sites for hydroxylation is 1. The number of benzene rings is 2. The molecule has 3 aromatic rings. The van der Waals surface area contributed by atoms with Crippen LogP contribution >= 0.6 is 0 Å². The van der Waals surface area contributed by atoms with Crippen LogP contribution in [0, 0.1) is 0 Å². The lowest BCUT2D eigenvalue weighted by molar-refractivity contribution is -0.268. The molecule has 1 aliphatic carbocycles. The summed E-state index contributed by atoms with van der Waals surface area (Å²) in [5.74, 6) is -1.00. The van der Waals surface area contributed by atoms with Gasteiger partial charge in [0.1, 0.15) is 0 Å². The van der Waals surface area contributed by atoms with Gasteiger partial charge in [-0.2, -0.15) is 0 Å². The van der Waals surface area contributed by atoms with Gasteiger partial charge in [0.15, 0.2) is 0 Å². The fourth-order valence-corrected chi connectivity index (χ4v) is 3.22. The molecule has 0 saturated heterocycles. The third kappa shape index (κ3) is 2.44. The van der Waals surface area contributed by atoms with Gasteiger partial charge in [-0.3, -0.25) is 4.98 Å². The number of carboxylic acids is 1. The third-order valence-electron chi connectivity index (χ3n) is 4.38. The highest BCUT2D eigenvalue weighted by Crippen LogP contribution is 2.36. The second-order valence-electron chi connectivity index (χ2n) is 5.95. The monoisotopic (exact) mass is 319 g/mol. The average molecular weight is 319 g/mol. The summed E-state index contributed by atoms with van der Waals surface area (Å²) in [5.41, 5.74) is 4.92. The molecule has 1 aliphatic rings. The molecule has 0 radical (unpaired) electrons. The van der Waals surface area contributed by atoms with Gasteiger partial charge in [-0.05, 0) is 55.2 Å². The molecule has 0 bridgehead atoms. The molecular weight excluding hydrogens is 304 g/mol. The van der Waals surface area contributed by atoms with Gasteiger partial charge in [-0.15, -0.1) is 5.75 Å². The van der Waals surface area contributed by atoms with Crippen molar-refractivity contribution in [2.75, 3.05) is 5.32 Å². The van der Waals surface area contributed by atoms with Crippen LogP contribution in [0.1, 0.15) is 28.0 Å². The summed E-state index contributed by atoms with van der Waals surface area (Å²) in [4.78, 5) is 16.0. The number of nitrogens with one attached hydrogen (secondary N) is 1. The van der Waals surface area contributed by atoms with Crippen molar-refractivity contribution in [1.82, 2.24) is 4.98 Å². The Bertz CT molecular complexity index is 949. The summed E-state index contributed by atoms with van der Waals surface area (Å²) in [6.07, 6.45) is 2.89. The predicted octanol–water partition coefficient (Wildman–Crippen LogP) is 3.24. The Morgan fingerprint density at radius 2 is 1.92 bits per heavy atom. The van der Waals surface area contributed by atoms with E-state index in [0.29, 0.717) is 0 Å². The highest BCUT2D eigenvalue weighted by atomic mass is 16.4. The van der Waals surface area contributed by atoms with E-state index in [0.717, 1.165) is 52.8 Å². The first-order valence-corrected chi connectivity index (χ1v) is 7.85. The normalized spacial score (nSPS) is 13.0. The van der Waals surface area contributed by atoms with Crippen LogP contribution in [0.25, 0.3) is 10.9 Å². The minimum absolute atomic E-state index is 0.0430. The zero-order chi connectivity index (χ0) is 16.7.